The monoisotopic (exact) mass is 293 g/mol. The van der Waals surface area contributed by atoms with Crippen LogP contribution in [-0.4, -0.2) is 34.1 Å². The fraction of sp³-hybridized carbons (Fsp3) is 0.600. The quantitative estimate of drug-likeness (QED) is 0.737. The van der Waals surface area contributed by atoms with E-state index in [2.05, 4.69) is 14.5 Å². The first-order valence-corrected chi connectivity index (χ1v) is 7.66. The van der Waals surface area contributed by atoms with Gasteiger partial charge in [0.25, 0.3) is 0 Å². The number of alkyl halides is 1. The van der Waals surface area contributed by atoms with Gasteiger partial charge in [-0.05, 0) is 36.8 Å². The molecule has 0 saturated heterocycles. The third-order valence-electron chi connectivity index (χ3n) is 4.19. The molecule has 0 aromatic carbocycles. The lowest BCUT2D eigenvalue weighted by Gasteiger charge is -2.17. The Morgan fingerprint density at radius 2 is 2.30 bits per heavy atom. The van der Waals surface area contributed by atoms with Gasteiger partial charge in [-0.1, -0.05) is 0 Å². The van der Waals surface area contributed by atoms with Crippen molar-refractivity contribution < 1.29 is 4.74 Å². The van der Waals surface area contributed by atoms with Crippen molar-refractivity contribution in [3.05, 3.63) is 24.2 Å². The van der Waals surface area contributed by atoms with E-state index in [1.807, 2.05) is 18.3 Å². The number of pyridine rings is 1. The number of aryl methyl sites for hydroxylation is 1. The summed E-state index contributed by atoms with van der Waals surface area (Å²) in [4.78, 5) is 9.18. The van der Waals surface area contributed by atoms with Crippen molar-refractivity contribution >= 4 is 22.8 Å². The number of aromatic nitrogens is 3. The second kappa shape index (κ2) is 5.70. The van der Waals surface area contributed by atoms with E-state index in [-0.39, 0.29) is 0 Å². The number of nitrogens with zero attached hydrogens (tertiary/aromatic N) is 3. The highest BCUT2D eigenvalue weighted by molar-refractivity contribution is 6.17. The summed E-state index contributed by atoms with van der Waals surface area (Å²) in [6.45, 7) is 1.81. The number of fused-ring (bicyclic) bond motifs is 1. The van der Waals surface area contributed by atoms with Gasteiger partial charge < -0.3 is 9.30 Å². The van der Waals surface area contributed by atoms with Crippen LogP contribution >= 0.6 is 11.6 Å². The molecule has 4 nitrogen and oxygen atoms in total. The van der Waals surface area contributed by atoms with Gasteiger partial charge >= 0.3 is 0 Å². The zero-order valence-corrected chi connectivity index (χ0v) is 12.6. The van der Waals surface area contributed by atoms with Crippen LogP contribution in [0.3, 0.4) is 0 Å². The lowest BCUT2D eigenvalue weighted by Crippen LogP contribution is -2.16. The van der Waals surface area contributed by atoms with Crippen molar-refractivity contribution in [2.24, 2.45) is 5.41 Å². The van der Waals surface area contributed by atoms with Gasteiger partial charge in [0.05, 0.1) is 0 Å². The van der Waals surface area contributed by atoms with Gasteiger partial charge in [0.15, 0.2) is 5.65 Å². The second-order valence-corrected chi connectivity index (χ2v) is 6.02. The Morgan fingerprint density at radius 3 is 3.00 bits per heavy atom. The summed E-state index contributed by atoms with van der Waals surface area (Å²) in [7, 11) is 1.77. The fourth-order valence-corrected chi connectivity index (χ4v) is 2.93. The van der Waals surface area contributed by atoms with Crippen LogP contribution < -0.4 is 0 Å². The van der Waals surface area contributed by atoms with Gasteiger partial charge in [-0.2, -0.15) is 0 Å². The van der Waals surface area contributed by atoms with Gasteiger partial charge in [0.2, 0.25) is 0 Å². The molecule has 1 aliphatic rings. The van der Waals surface area contributed by atoms with Gasteiger partial charge in [-0.25, -0.2) is 9.97 Å². The second-order valence-electron chi connectivity index (χ2n) is 5.64. The standard InChI is InChI=1S/C15H20ClN3O/c1-20-10-7-15(5-6-15)11-19-13(4-8-16)18-12-3-2-9-17-14(12)19/h2-3,9H,4-8,10-11H2,1H3. The molecular formula is C15H20ClN3O. The summed E-state index contributed by atoms with van der Waals surface area (Å²) in [5.74, 6) is 1.64. The van der Waals surface area contributed by atoms with Crippen LogP contribution in [0.15, 0.2) is 18.3 Å². The maximum absolute atomic E-state index is 5.91. The molecule has 0 unspecified atom stereocenters. The fourth-order valence-electron chi connectivity index (χ4n) is 2.76. The molecule has 0 spiro atoms. The Balaban J connectivity index is 1.91. The molecule has 0 radical (unpaired) electrons. The largest absolute Gasteiger partial charge is 0.385 e. The summed E-state index contributed by atoms with van der Waals surface area (Å²) >= 11 is 5.91. The van der Waals surface area contributed by atoms with E-state index in [0.29, 0.717) is 11.3 Å². The molecule has 108 valence electrons. The molecule has 3 rings (SSSR count). The van der Waals surface area contributed by atoms with E-state index < -0.39 is 0 Å². The molecule has 2 aromatic rings. The number of halogens is 1. The first-order chi connectivity index (χ1) is 9.78. The number of rotatable bonds is 7. The van der Waals surface area contributed by atoms with Crippen LogP contribution in [0.1, 0.15) is 25.1 Å². The molecule has 5 heteroatoms. The van der Waals surface area contributed by atoms with Gasteiger partial charge in [0.1, 0.15) is 11.3 Å². The van der Waals surface area contributed by atoms with Crippen molar-refractivity contribution in [3.63, 3.8) is 0 Å². The molecule has 1 fully saturated rings. The minimum Gasteiger partial charge on any atom is -0.385 e. The predicted octanol–water partition coefficient (Wildman–Crippen LogP) is 3.03. The van der Waals surface area contributed by atoms with Crippen molar-refractivity contribution in [2.75, 3.05) is 19.6 Å². The lowest BCUT2D eigenvalue weighted by atomic mass is 10.0. The lowest BCUT2D eigenvalue weighted by molar-refractivity contribution is 0.167. The van der Waals surface area contributed by atoms with E-state index in [9.17, 15) is 0 Å². The van der Waals surface area contributed by atoms with Crippen LogP contribution in [0.5, 0.6) is 0 Å². The Morgan fingerprint density at radius 1 is 1.45 bits per heavy atom. The number of methoxy groups -OCH3 is 1. The van der Waals surface area contributed by atoms with Crippen LogP contribution in [0.2, 0.25) is 0 Å². The molecule has 0 aliphatic heterocycles. The summed E-state index contributed by atoms with van der Waals surface area (Å²) < 4.78 is 7.50. The average Bonchev–Trinajstić information content (AvgIpc) is 3.15. The first kappa shape index (κ1) is 13.8. The van der Waals surface area contributed by atoms with Crippen LogP contribution in [0.25, 0.3) is 11.2 Å². The van der Waals surface area contributed by atoms with Gasteiger partial charge in [-0.3, -0.25) is 0 Å². The maximum Gasteiger partial charge on any atom is 0.160 e. The Kier molecular flexibility index (Phi) is 3.94. The van der Waals surface area contributed by atoms with E-state index in [0.717, 1.165) is 43.0 Å². The van der Waals surface area contributed by atoms with Crippen molar-refractivity contribution in [2.45, 2.75) is 32.2 Å². The average molecular weight is 294 g/mol. The van der Waals surface area contributed by atoms with Crippen LogP contribution in [0, 0.1) is 5.41 Å². The normalized spacial score (nSPS) is 16.7. The molecule has 0 bridgehead atoms. The zero-order valence-electron chi connectivity index (χ0n) is 11.8. The van der Waals surface area contributed by atoms with E-state index in [1.54, 1.807) is 7.11 Å². The van der Waals surface area contributed by atoms with Crippen LogP contribution in [0.4, 0.5) is 0 Å². The topological polar surface area (TPSA) is 39.9 Å². The first-order valence-electron chi connectivity index (χ1n) is 7.13. The highest BCUT2D eigenvalue weighted by Crippen LogP contribution is 2.50. The number of hydrogen-bond acceptors (Lipinski definition) is 3. The smallest absolute Gasteiger partial charge is 0.160 e. The van der Waals surface area contributed by atoms with E-state index in [4.69, 9.17) is 16.3 Å². The van der Waals surface area contributed by atoms with Gasteiger partial charge in [-0.15, -0.1) is 11.6 Å². The Hall–Kier alpha value is -1.13. The molecule has 1 saturated carbocycles. The van der Waals surface area contributed by atoms with Gasteiger partial charge in [0, 0.05) is 38.8 Å². The molecular weight excluding hydrogens is 274 g/mol. The zero-order chi connectivity index (χ0) is 14.0. The van der Waals surface area contributed by atoms with Crippen molar-refractivity contribution in [1.82, 2.24) is 14.5 Å². The number of imidazole rings is 1. The third-order valence-corrected chi connectivity index (χ3v) is 4.38. The summed E-state index contributed by atoms with van der Waals surface area (Å²) in [6, 6.07) is 3.95. The Labute approximate surface area is 124 Å². The number of hydrogen-bond donors (Lipinski definition) is 0. The molecule has 0 N–H and O–H groups in total. The Bertz CT molecular complexity index is 592. The van der Waals surface area contributed by atoms with Crippen molar-refractivity contribution in [1.29, 1.82) is 0 Å². The maximum atomic E-state index is 5.91. The predicted molar refractivity (Wildman–Crippen MR) is 80.1 cm³/mol. The summed E-state index contributed by atoms with van der Waals surface area (Å²) in [5.41, 5.74) is 2.33. The van der Waals surface area contributed by atoms with Crippen molar-refractivity contribution in [3.8, 4) is 0 Å². The van der Waals surface area contributed by atoms with Crippen LogP contribution in [-0.2, 0) is 17.7 Å². The minimum atomic E-state index is 0.377. The molecule has 2 heterocycles. The molecule has 2 aromatic heterocycles. The molecule has 1 aliphatic carbocycles. The summed E-state index contributed by atoms with van der Waals surface area (Å²) in [6.07, 6.45) is 6.26. The third kappa shape index (κ3) is 2.67. The highest BCUT2D eigenvalue weighted by Gasteiger charge is 2.43. The van der Waals surface area contributed by atoms with E-state index >= 15 is 0 Å². The minimum absolute atomic E-state index is 0.377. The number of ether oxygens (including phenoxy) is 1. The summed E-state index contributed by atoms with van der Waals surface area (Å²) in [5, 5.41) is 0. The van der Waals surface area contributed by atoms with E-state index in [1.165, 1.54) is 12.8 Å². The molecule has 0 atom stereocenters. The highest BCUT2D eigenvalue weighted by atomic mass is 35.5. The molecule has 0 amide bonds. The molecule has 20 heavy (non-hydrogen) atoms. The SMILES string of the molecule is COCCC1(Cn2c(CCCl)nc3cccnc32)CC1.